The van der Waals surface area contributed by atoms with E-state index in [1.54, 1.807) is 13.8 Å². The van der Waals surface area contributed by atoms with E-state index in [-0.39, 0.29) is 24.2 Å². The molecule has 0 saturated carbocycles. The van der Waals surface area contributed by atoms with Crippen LogP contribution in [-0.2, 0) is 19.1 Å². The number of hydrogen-bond donors (Lipinski definition) is 2. The van der Waals surface area contributed by atoms with E-state index in [1.807, 2.05) is 0 Å². The Balaban J connectivity index is 1.90. The summed E-state index contributed by atoms with van der Waals surface area (Å²) in [5, 5.41) is 6.22. The molecule has 0 amide bonds. The van der Waals surface area contributed by atoms with Crippen molar-refractivity contribution in [1.82, 2.24) is 15.0 Å². The van der Waals surface area contributed by atoms with Crippen LogP contribution in [0.25, 0.3) is 0 Å². The van der Waals surface area contributed by atoms with Crippen LogP contribution in [0, 0.1) is 0 Å². The molecule has 2 aromatic rings. The van der Waals surface area contributed by atoms with Crippen LogP contribution in [0.15, 0.2) is 29.1 Å². The number of alkyl halides is 3. The molecular formula is C18H21F3N4O2. The molecule has 0 radical (unpaired) electrons. The lowest BCUT2D eigenvalue weighted by molar-refractivity contribution is -0.137. The topological polar surface area (TPSA) is 68.2 Å². The van der Waals surface area contributed by atoms with Crippen molar-refractivity contribution in [2.45, 2.75) is 39.0 Å². The SMILES string of the molecule is CCOn1c(N[C@@H](C)c2ccc(C(F)(F)F)cc2)nc2c(c1=O)CNCC2. The van der Waals surface area contributed by atoms with E-state index in [9.17, 15) is 18.0 Å². The van der Waals surface area contributed by atoms with Gasteiger partial charge in [0.25, 0.3) is 5.56 Å². The van der Waals surface area contributed by atoms with Gasteiger partial charge in [-0.3, -0.25) is 4.79 Å². The van der Waals surface area contributed by atoms with Crippen LogP contribution in [0.3, 0.4) is 0 Å². The number of fused-ring (bicyclic) bond motifs is 1. The van der Waals surface area contributed by atoms with Crippen LogP contribution >= 0.6 is 0 Å². The van der Waals surface area contributed by atoms with Gasteiger partial charge in [-0.15, -0.1) is 4.73 Å². The molecule has 27 heavy (non-hydrogen) atoms. The Morgan fingerprint density at radius 2 is 2.04 bits per heavy atom. The van der Waals surface area contributed by atoms with Gasteiger partial charge in [0, 0.05) is 19.5 Å². The number of nitrogens with one attached hydrogen (secondary N) is 2. The van der Waals surface area contributed by atoms with E-state index < -0.39 is 11.7 Å². The van der Waals surface area contributed by atoms with Crippen molar-refractivity contribution in [3.63, 3.8) is 0 Å². The third-order valence-corrected chi connectivity index (χ3v) is 4.41. The van der Waals surface area contributed by atoms with Gasteiger partial charge in [0.1, 0.15) is 6.61 Å². The lowest BCUT2D eigenvalue weighted by Gasteiger charge is -2.22. The molecule has 2 heterocycles. The lowest BCUT2D eigenvalue weighted by atomic mass is 10.1. The molecule has 0 fully saturated rings. The molecule has 1 aromatic carbocycles. The molecule has 1 aliphatic rings. The Bertz CT molecular complexity index is 863. The van der Waals surface area contributed by atoms with Crippen LogP contribution in [0.4, 0.5) is 19.1 Å². The number of anilines is 1. The third kappa shape index (κ3) is 4.08. The fraction of sp³-hybridized carbons (Fsp3) is 0.444. The highest BCUT2D eigenvalue weighted by Gasteiger charge is 2.30. The Morgan fingerprint density at radius 1 is 1.33 bits per heavy atom. The van der Waals surface area contributed by atoms with E-state index in [0.29, 0.717) is 29.8 Å². The summed E-state index contributed by atoms with van der Waals surface area (Å²) in [6.45, 7) is 4.98. The highest BCUT2D eigenvalue weighted by molar-refractivity contribution is 5.37. The highest BCUT2D eigenvalue weighted by Crippen LogP contribution is 2.30. The lowest BCUT2D eigenvalue weighted by Crippen LogP contribution is -2.39. The molecule has 1 aliphatic heterocycles. The maximum absolute atomic E-state index is 12.7. The average Bonchev–Trinajstić information content (AvgIpc) is 2.64. The average molecular weight is 382 g/mol. The third-order valence-electron chi connectivity index (χ3n) is 4.41. The molecule has 3 rings (SSSR count). The maximum atomic E-state index is 12.7. The largest absolute Gasteiger partial charge is 0.416 e. The van der Waals surface area contributed by atoms with Gasteiger partial charge < -0.3 is 15.5 Å². The van der Waals surface area contributed by atoms with Crippen molar-refractivity contribution >= 4 is 5.95 Å². The Kier molecular flexibility index (Phi) is 5.41. The van der Waals surface area contributed by atoms with E-state index in [4.69, 9.17) is 4.84 Å². The van der Waals surface area contributed by atoms with Crippen LogP contribution in [0.2, 0.25) is 0 Å². The second kappa shape index (κ2) is 7.59. The molecule has 1 atom stereocenters. The Hall–Kier alpha value is -2.55. The number of hydrogen-bond acceptors (Lipinski definition) is 5. The number of benzene rings is 1. The number of nitrogens with zero attached hydrogens (tertiary/aromatic N) is 2. The Labute approximate surface area is 154 Å². The van der Waals surface area contributed by atoms with Gasteiger partial charge in [-0.2, -0.15) is 13.2 Å². The van der Waals surface area contributed by atoms with Gasteiger partial charge in [-0.25, -0.2) is 4.98 Å². The van der Waals surface area contributed by atoms with Crippen molar-refractivity contribution < 1.29 is 18.0 Å². The minimum absolute atomic E-state index is 0.245. The fourth-order valence-corrected chi connectivity index (χ4v) is 2.97. The van der Waals surface area contributed by atoms with E-state index in [0.717, 1.165) is 23.4 Å². The predicted octanol–water partition coefficient (Wildman–Crippen LogP) is 2.53. The van der Waals surface area contributed by atoms with Crippen molar-refractivity contribution in [3.8, 4) is 0 Å². The molecule has 9 heteroatoms. The highest BCUT2D eigenvalue weighted by atomic mass is 19.4. The van der Waals surface area contributed by atoms with Gasteiger partial charge in [-0.05, 0) is 31.5 Å². The maximum Gasteiger partial charge on any atom is 0.416 e. The van der Waals surface area contributed by atoms with Crippen molar-refractivity contribution in [2.75, 3.05) is 18.5 Å². The van der Waals surface area contributed by atoms with Crippen LogP contribution in [0.1, 0.15) is 42.3 Å². The zero-order valence-corrected chi connectivity index (χ0v) is 15.1. The van der Waals surface area contributed by atoms with Gasteiger partial charge in [-0.1, -0.05) is 12.1 Å². The summed E-state index contributed by atoms with van der Waals surface area (Å²) in [6, 6.07) is 4.52. The summed E-state index contributed by atoms with van der Waals surface area (Å²) in [4.78, 5) is 22.6. The monoisotopic (exact) mass is 382 g/mol. The molecule has 0 spiro atoms. The van der Waals surface area contributed by atoms with Crippen molar-refractivity contribution in [1.29, 1.82) is 0 Å². The quantitative estimate of drug-likeness (QED) is 0.832. The molecular weight excluding hydrogens is 361 g/mol. The minimum Gasteiger partial charge on any atom is -0.408 e. The summed E-state index contributed by atoms with van der Waals surface area (Å²) in [5.41, 5.74) is 0.930. The van der Waals surface area contributed by atoms with Crippen LogP contribution in [-0.4, -0.2) is 22.9 Å². The smallest absolute Gasteiger partial charge is 0.408 e. The second-order valence-corrected chi connectivity index (χ2v) is 6.29. The summed E-state index contributed by atoms with van der Waals surface area (Å²) in [6.07, 6.45) is -3.75. The summed E-state index contributed by atoms with van der Waals surface area (Å²) in [7, 11) is 0. The van der Waals surface area contributed by atoms with E-state index in [2.05, 4.69) is 15.6 Å². The minimum atomic E-state index is -4.38. The van der Waals surface area contributed by atoms with Gasteiger partial charge in [0.15, 0.2) is 0 Å². The van der Waals surface area contributed by atoms with Gasteiger partial charge >= 0.3 is 6.18 Å². The molecule has 146 valence electrons. The standard InChI is InChI=1S/C18H21F3N4O2/c1-3-27-25-16(26)14-10-22-9-8-15(14)24-17(25)23-11(2)12-4-6-13(7-5-12)18(19,20)21/h4-7,11,22H,3,8-10H2,1-2H3,(H,23,24)/t11-/m0/s1. The first kappa shape index (κ1) is 19.2. The normalized spacial score (nSPS) is 15.1. The number of halogens is 3. The predicted molar refractivity (Wildman–Crippen MR) is 94.5 cm³/mol. The zero-order valence-electron chi connectivity index (χ0n) is 15.1. The van der Waals surface area contributed by atoms with E-state index >= 15 is 0 Å². The van der Waals surface area contributed by atoms with Crippen molar-refractivity contribution in [2.24, 2.45) is 0 Å². The van der Waals surface area contributed by atoms with Crippen LogP contribution in [0.5, 0.6) is 0 Å². The molecule has 1 aromatic heterocycles. The molecule has 6 nitrogen and oxygen atoms in total. The Morgan fingerprint density at radius 3 is 2.67 bits per heavy atom. The second-order valence-electron chi connectivity index (χ2n) is 6.29. The van der Waals surface area contributed by atoms with Crippen molar-refractivity contribution in [3.05, 3.63) is 57.0 Å². The zero-order chi connectivity index (χ0) is 19.6. The molecule has 0 aliphatic carbocycles. The van der Waals surface area contributed by atoms with Gasteiger partial charge in [0.2, 0.25) is 5.95 Å². The summed E-state index contributed by atoms with van der Waals surface area (Å²) < 4.78 is 39.3. The summed E-state index contributed by atoms with van der Waals surface area (Å²) in [5.74, 6) is 0.245. The van der Waals surface area contributed by atoms with Crippen LogP contribution < -0.4 is 21.0 Å². The van der Waals surface area contributed by atoms with E-state index in [1.165, 1.54) is 12.1 Å². The molecule has 0 bridgehead atoms. The molecule has 0 unspecified atom stereocenters. The first-order valence-corrected chi connectivity index (χ1v) is 8.73. The first-order valence-electron chi connectivity index (χ1n) is 8.73. The first-order chi connectivity index (χ1) is 12.8. The summed E-state index contributed by atoms with van der Waals surface area (Å²) >= 11 is 0. The number of aromatic nitrogens is 2. The number of rotatable bonds is 5. The molecule has 2 N–H and O–H groups in total. The van der Waals surface area contributed by atoms with Gasteiger partial charge in [0.05, 0.1) is 22.9 Å². The fourth-order valence-electron chi connectivity index (χ4n) is 2.97. The molecule has 0 saturated heterocycles.